The maximum Gasteiger partial charge on any atom is 0.217 e. The van der Waals surface area contributed by atoms with Crippen LogP contribution < -0.4 is 10.6 Å². The zero-order chi connectivity index (χ0) is 10.7. The highest BCUT2D eigenvalue weighted by molar-refractivity contribution is 5.73. The number of carbonyl (C=O) groups is 1. The minimum atomic E-state index is -1.23. The summed E-state index contributed by atoms with van der Waals surface area (Å²) in [6.45, 7) is 1.86. The van der Waals surface area contributed by atoms with E-state index in [2.05, 4.69) is 10.6 Å². The first-order chi connectivity index (χ1) is 6.52. The van der Waals surface area contributed by atoms with Gasteiger partial charge in [0, 0.05) is 20.0 Å². The predicted octanol–water partition coefficient (Wildman–Crippen LogP) is -2.82. The van der Waals surface area contributed by atoms with Crippen LogP contribution >= 0.6 is 0 Å². The molecular weight excluding hydrogens is 188 g/mol. The third kappa shape index (κ3) is 2.65. The van der Waals surface area contributed by atoms with E-state index in [0.29, 0.717) is 6.54 Å². The summed E-state index contributed by atoms with van der Waals surface area (Å²) in [7, 11) is 0. The summed E-state index contributed by atoms with van der Waals surface area (Å²) in [4.78, 5) is 10.8. The Bertz CT molecular complexity index is 212. The molecule has 6 heteroatoms. The summed E-state index contributed by atoms with van der Waals surface area (Å²) in [6.07, 6.45) is -3.39. The van der Waals surface area contributed by atoms with Gasteiger partial charge in [-0.1, -0.05) is 0 Å². The van der Waals surface area contributed by atoms with Gasteiger partial charge in [0.2, 0.25) is 5.91 Å². The van der Waals surface area contributed by atoms with Crippen LogP contribution in [0.5, 0.6) is 0 Å². The van der Waals surface area contributed by atoms with Crippen molar-refractivity contribution in [3.8, 4) is 0 Å². The van der Waals surface area contributed by atoms with Crippen LogP contribution in [0.25, 0.3) is 0 Å². The topological polar surface area (TPSA) is 102 Å². The van der Waals surface area contributed by atoms with Crippen molar-refractivity contribution in [2.75, 3.05) is 13.1 Å². The largest absolute Gasteiger partial charge is 0.389 e. The van der Waals surface area contributed by atoms with Gasteiger partial charge < -0.3 is 26.0 Å². The van der Waals surface area contributed by atoms with Crippen LogP contribution in [-0.4, -0.2) is 58.7 Å². The van der Waals surface area contributed by atoms with Gasteiger partial charge >= 0.3 is 0 Å². The van der Waals surface area contributed by atoms with Crippen molar-refractivity contribution in [2.24, 2.45) is 0 Å². The highest BCUT2D eigenvalue weighted by atomic mass is 16.4. The van der Waals surface area contributed by atoms with Crippen molar-refractivity contribution in [3.05, 3.63) is 0 Å². The Hall–Kier alpha value is -0.690. The summed E-state index contributed by atoms with van der Waals surface area (Å²) < 4.78 is 0. The molecule has 14 heavy (non-hydrogen) atoms. The molecule has 0 aliphatic carbocycles. The number of hydrogen-bond donors (Lipinski definition) is 5. The average Bonchev–Trinajstić information content (AvgIpc) is 2.21. The lowest BCUT2D eigenvalue weighted by Crippen LogP contribution is -2.51. The van der Waals surface area contributed by atoms with E-state index in [1.165, 1.54) is 6.92 Å². The van der Waals surface area contributed by atoms with Crippen LogP contribution in [0.1, 0.15) is 6.92 Å². The van der Waals surface area contributed by atoms with Gasteiger partial charge in [0.25, 0.3) is 0 Å². The summed E-state index contributed by atoms with van der Waals surface area (Å²) in [5, 5.41) is 33.6. The molecule has 0 aromatic heterocycles. The highest BCUT2D eigenvalue weighted by Gasteiger charge is 2.34. The number of β-amino-alcohol motifs (C(OH)–C–C–N with tert-alkyl or cyclic N) is 1. The van der Waals surface area contributed by atoms with E-state index < -0.39 is 24.4 Å². The van der Waals surface area contributed by atoms with Crippen LogP contribution in [0.3, 0.4) is 0 Å². The molecular formula is C8H16N2O4. The molecule has 5 N–H and O–H groups in total. The molecule has 0 radical (unpaired) electrons. The zero-order valence-electron chi connectivity index (χ0n) is 7.97. The summed E-state index contributed by atoms with van der Waals surface area (Å²) >= 11 is 0. The Kier molecular flexibility index (Phi) is 3.82. The fourth-order valence-corrected chi connectivity index (χ4v) is 1.49. The van der Waals surface area contributed by atoms with Crippen molar-refractivity contribution >= 4 is 5.91 Å². The Morgan fingerprint density at radius 2 is 1.93 bits per heavy atom. The number of aliphatic hydroxyl groups is 3. The lowest BCUT2D eigenvalue weighted by molar-refractivity contribution is -0.121. The van der Waals surface area contributed by atoms with Crippen LogP contribution in [0.4, 0.5) is 0 Å². The van der Waals surface area contributed by atoms with E-state index >= 15 is 0 Å². The Labute approximate surface area is 81.9 Å². The molecule has 1 heterocycles. The van der Waals surface area contributed by atoms with Crippen LogP contribution in [-0.2, 0) is 4.79 Å². The SMILES string of the molecule is CC(=O)N[C@@H]1CNC[C@H](O)[C@@H](O)[C@@H]1O. The average molecular weight is 204 g/mol. The van der Waals surface area contributed by atoms with Crippen molar-refractivity contribution < 1.29 is 20.1 Å². The molecule has 0 saturated carbocycles. The highest BCUT2D eigenvalue weighted by Crippen LogP contribution is 2.07. The van der Waals surface area contributed by atoms with Gasteiger partial charge in [-0.15, -0.1) is 0 Å². The smallest absolute Gasteiger partial charge is 0.217 e. The summed E-state index contributed by atoms with van der Waals surface area (Å²) in [6, 6.07) is -0.570. The molecule has 4 atom stereocenters. The molecule has 0 bridgehead atoms. The molecule has 1 aliphatic heterocycles. The van der Waals surface area contributed by atoms with Gasteiger partial charge in [-0.3, -0.25) is 4.79 Å². The van der Waals surface area contributed by atoms with Gasteiger partial charge in [-0.05, 0) is 0 Å². The van der Waals surface area contributed by atoms with Crippen molar-refractivity contribution in [1.82, 2.24) is 10.6 Å². The minimum Gasteiger partial charge on any atom is -0.389 e. The van der Waals surface area contributed by atoms with E-state index in [1.54, 1.807) is 0 Å². The standard InChI is InChI=1S/C8H16N2O4/c1-4(11)10-5-2-9-3-6(12)8(14)7(5)13/h5-9,12-14H,2-3H2,1H3,(H,10,11)/t5-,6+,7-,8-/m1/s1. The molecule has 1 aliphatic rings. The van der Waals surface area contributed by atoms with E-state index in [-0.39, 0.29) is 12.5 Å². The monoisotopic (exact) mass is 204 g/mol. The Morgan fingerprint density at radius 1 is 1.29 bits per heavy atom. The summed E-state index contributed by atoms with van der Waals surface area (Å²) in [5.41, 5.74) is 0. The molecule has 0 aromatic rings. The first kappa shape index (κ1) is 11.4. The van der Waals surface area contributed by atoms with E-state index in [9.17, 15) is 20.1 Å². The fourth-order valence-electron chi connectivity index (χ4n) is 1.49. The normalized spacial score (nSPS) is 38.9. The molecule has 0 spiro atoms. The second-order valence-corrected chi connectivity index (χ2v) is 3.51. The lowest BCUT2D eigenvalue weighted by Gasteiger charge is -2.25. The lowest BCUT2D eigenvalue weighted by atomic mass is 10.0. The first-order valence-corrected chi connectivity index (χ1v) is 4.54. The number of amides is 1. The fraction of sp³-hybridized carbons (Fsp3) is 0.875. The van der Waals surface area contributed by atoms with Gasteiger partial charge in [-0.2, -0.15) is 0 Å². The van der Waals surface area contributed by atoms with Crippen molar-refractivity contribution in [3.63, 3.8) is 0 Å². The van der Waals surface area contributed by atoms with E-state index in [4.69, 9.17) is 0 Å². The number of rotatable bonds is 1. The van der Waals surface area contributed by atoms with Crippen LogP contribution in [0.15, 0.2) is 0 Å². The molecule has 1 amide bonds. The number of aliphatic hydroxyl groups excluding tert-OH is 3. The number of carbonyl (C=O) groups excluding carboxylic acids is 1. The van der Waals surface area contributed by atoms with Gasteiger partial charge in [-0.25, -0.2) is 0 Å². The molecule has 1 fully saturated rings. The third-order valence-corrected chi connectivity index (χ3v) is 2.26. The van der Waals surface area contributed by atoms with Crippen molar-refractivity contribution in [2.45, 2.75) is 31.3 Å². The Morgan fingerprint density at radius 3 is 2.50 bits per heavy atom. The zero-order valence-corrected chi connectivity index (χ0v) is 7.97. The molecule has 1 saturated heterocycles. The minimum absolute atomic E-state index is 0.203. The molecule has 82 valence electrons. The predicted molar refractivity (Wildman–Crippen MR) is 48.5 cm³/mol. The molecule has 0 aromatic carbocycles. The second kappa shape index (κ2) is 4.70. The molecule has 1 rings (SSSR count). The molecule has 0 unspecified atom stereocenters. The van der Waals surface area contributed by atoms with E-state index in [1.807, 2.05) is 0 Å². The van der Waals surface area contributed by atoms with Crippen LogP contribution in [0, 0.1) is 0 Å². The van der Waals surface area contributed by atoms with Crippen LogP contribution in [0.2, 0.25) is 0 Å². The summed E-state index contributed by atoms with van der Waals surface area (Å²) in [5.74, 6) is -0.278. The third-order valence-electron chi connectivity index (χ3n) is 2.26. The molecule has 6 nitrogen and oxygen atoms in total. The van der Waals surface area contributed by atoms with Crippen molar-refractivity contribution in [1.29, 1.82) is 0 Å². The maximum atomic E-state index is 10.8. The van der Waals surface area contributed by atoms with Gasteiger partial charge in [0.15, 0.2) is 0 Å². The van der Waals surface area contributed by atoms with E-state index in [0.717, 1.165) is 0 Å². The maximum absolute atomic E-state index is 10.8. The van der Waals surface area contributed by atoms with Gasteiger partial charge in [0.05, 0.1) is 12.1 Å². The second-order valence-electron chi connectivity index (χ2n) is 3.51. The number of hydrogen-bond acceptors (Lipinski definition) is 5. The van der Waals surface area contributed by atoms with Gasteiger partial charge in [0.1, 0.15) is 12.2 Å². The first-order valence-electron chi connectivity index (χ1n) is 4.54. The quantitative estimate of drug-likeness (QED) is 0.317. The number of nitrogens with one attached hydrogen (secondary N) is 2. The Balaban J connectivity index is 2.62.